The van der Waals surface area contributed by atoms with Crippen molar-refractivity contribution in [2.24, 2.45) is 0 Å². The van der Waals surface area contributed by atoms with Crippen molar-refractivity contribution >= 4 is 24.2 Å². The summed E-state index contributed by atoms with van der Waals surface area (Å²) < 4.78 is 0. The summed E-state index contributed by atoms with van der Waals surface area (Å²) in [6, 6.07) is -0.0986. The highest BCUT2D eigenvalue weighted by Crippen LogP contribution is 2.14. The van der Waals surface area contributed by atoms with Gasteiger partial charge in [0.2, 0.25) is 11.8 Å². The molecular formula is C11H22ClN3O2. The number of nitrogens with zero attached hydrogens (tertiary/aromatic N) is 1. The summed E-state index contributed by atoms with van der Waals surface area (Å²) in [6.07, 6.45) is 1.14. The van der Waals surface area contributed by atoms with Gasteiger partial charge >= 0.3 is 0 Å². The highest BCUT2D eigenvalue weighted by Gasteiger charge is 2.33. The van der Waals surface area contributed by atoms with Gasteiger partial charge in [-0.25, -0.2) is 0 Å². The van der Waals surface area contributed by atoms with Crippen LogP contribution in [0.3, 0.4) is 0 Å². The van der Waals surface area contributed by atoms with E-state index in [-0.39, 0.29) is 36.3 Å². The van der Waals surface area contributed by atoms with E-state index in [0.717, 1.165) is 13.0 Å². The number of amides is 2. The minimum Gasteiger partial charge on any atom is -0.344 e. The summed E-state index contributed by atoms with van der Waals surface area (Å²) in [5.74, 6) is -0.00823. The molecule has 5 nitrogen and oxygen atoms in total. The lowest BCUT2D eigenvalue weighted by molar-refractivity contribution is -0.133. The highest BCUT2D eigenvalue weighted by atomic mass is 35.5. The zero-order chi connectivity index (χ0) is 12.1. The van der Waals surface area contributed by atoms with Gasteiger partial charge in [0, 0.05) is 25.6 Å². The fourth-order valence-electron chi connectivity index (χ4n) is 1.85. The maximum absolute atomic E-state index is 11.9. The van der Waals surface area contributed by atoms with Gasteiger partial charge in [0.25, 0.3) is 0 Å². The summed E-state index contributed by atoms with van der Waals surface area (Å²) in [7, 11) is 1.80. The number of likely N-dealkylation sites (tertiary alicyclic amines) is 1. The van der Waals surface area contributed by atoms with Gasteiger partial charge in [-0.15, -0.1) is 12.4 Å². The second-order valence-corrected chi connectivity index (χ2v) is 4.39. The molecule has 0 spiro atoms. The van der Waals surface area contributed by atoms with E-state index in [1.54, 1.807) is 7.05 Å². The molecule has 0 radical (unpaired) electrons. The van der Waals surface area contributed by atoms with Crippen LogP contribution in [0.4, 0.5) is 0 Å². The van der Waals surface area contributed by atoms with Crippen LogP contribution in [0.15, 0.2) is 0 Å². The van der Waals surface area contributed by atoms with E-state index < -0.39 is 0 Å². The molecule has 2 N–H and O–H groups in total. The Balaban J connectivity index is 0.00000256. The summed E-state index contributed by atoms with van der Waals surface area (Å²) in [6.45, 7) is 5.36. The molecule has 1 aliphatic heterocycles. The number of carbonyl (C=O) groups excluding carboxylic acids is 2. The molecule has 0 saturated carbocycles. The lowest BCUT2D eigenvalue weighted by Crippen LogP contribution is -2.43. The molecule has 1 saturated heterocycles. The van der Waals surface area contributed by atoms with Gasteiger partial charge in [-0.2, -0.15) is 0 Å². The largest absolute Gasteiger partial charge is 0.344 e. The number of carbonyl (C=O) groups is 2. The van der Waals surface area contributed by atoms with Crippen molar-refractivity contribution in [1.82, 2.24) is 15.5 Å². The third-order valence-corrected chi connectivity index (χ3v) is 2.80. The smallest absolute Gasteiger partial charge is 0.245 e. The molecule has 1 aliphatic rings. The number of halogens is 1. The van der Waals surface area contributed by atoms with Crippen LogP contribution in [0.1, 0.15) is 26.7 Å². The first-order chi connectivity index (χ1) is 7.56. The van der Waals surface area contributed by atoms with Crippen LogP contribution in [0.25, 0.3) is 0 Å². The molecular weight excluding hydrogens is 242 g/mol. The van der Waals surface area contributed by atoms with Crippen molar-refractivity contribution in [3.05, 3.63) is 0 Å². The molecule has 0 bridgehead atoms. The van der Waals surface area contributed by atoms with Gasteiger partial charge in [-0.05, 0) is 27.3 Å². The Bertz CT molecular complexity index is 271. The molecule has 1 fully saturated rings. The van der Waals surface area contributed by atoms with Crippen LogP contribution < -0.4 is 10.6 Å². The standard InChI is InChI=1S/C11H21N3O2.ClH/c1-8(2)14-7-5-9(11(14)16)13-10(15)4-6-12-3;/h8-9,12H,4-7H2,1-3H3,(H,13,15);1H. The molecule has 1 heterocycles. The van der Waals surface area contributed by atoms with Gasteiger partial charge in [0.05, 0.1) is 0 Å². The molecule has 17 heavy (non-hydrogen) atoms. The molecule has 1 rings (SSSR count). The molecule has 1 unspecified atom stereocenters. The zero-order valence-corrected chi connectivity index (χ0v) is 11.5. The monoisotopic (exact) mass is 263 g/mol. The van der Waals surface area contributed by atoms with E-state index in [4.69, 9.17) is 0 Å². The van der Waals surface area contributed by atoms with Gasteiger partial charge in [-0.1, -0.05) is 0 Å². The van der Waals surface area contributed by atoms with Crippen molar-refractivity contribution in [2.45, 2.75) is 38.8 Å². The Morgan fingerprint density at radius 1 is 1.53 bits per heavy atom. The average Bonchev–Trinajstić information content (AvgIpc) is 2.57. The number of hydrogen-bond acceptors (Lipinski definition) is 3. The van der Waals surface area contributed by atoms with E-state index in [0.29, 0.717) is 13.0 Å². The Morgan fingerprint density at radius 3 is 2.65 bits per heavy atom. The Labute approximate surface area is 109 Å². The van der Waals surface area contributed by atoms with Crippen LogP contribution in [-0.2, 0) is 9.59 Å². The molecule has 6 heteroatoms. The van der Waals surface area contributed by atoms with E-state index in [2.05, 4.69) is 10.6 Å². The molecule has 100 valence electrons. The molecule has 0 aromatic rings. The maximum Gasteiger partial charge on any atom is 0.245 e. The number of rotatable bonds is 5. The zero-order valence-electron chi connectivity index (χ0n) is 10.7. The van der Waals surface area contributed by atoms with E-state index in [1.165, 1.54) is 0 Å². The van der Waals surface area contributed by atoms with Gasteiger partial charge in [0.1, 0.15) is 6.04 Å². The first kappa shape index (κ1) is 16.2. The Morgan fingerprint density at radius 2 is 2.18 bits per heavy atom. The minimum absolute atomic E-state index is 0. The Hall–Kier alpha value is -0.810. The third kappa shape index (κ3) is 4.52. The lowest BCUT2D eigenvalue weighted by atomic mass is 10.2. The number of nitrogens with one attached hydrogen (secondary N) is 2. The third-order valence-electron chi connectivity index (χ3n) is 2.80. The molecule has 0 aromatic heterocycles. The second kappa shape index (κ2) is 7.50. The van der Waals surface area contributed by atoms with E-state index in [1.807, 2.05) is 18.7 Å². The summed E-state index contributed by atoms with van der Waals surface area (Å²) in [5.41, 5.74) is 0. The second-order valence-electron chi connectivity index (χ2n) is 4.39. The fraction of sp³-hybridized carbons (Fsp3) is 0.818. The number of hydrogen-bond donors (Lipinski definition) is 2. The Kier molecular flexibility index (Phi) is 7.15. The summed E-state index contributed by atoms with van der Waals surface area (Å²) in [4.78, 5) is 25.1. The van der Waals surface area contributed by atoms with Gasteiger partial charge in [0.15, 0.2) is 0 Å². The van der Waals surface area contributed by atoms with E-state index >= 15 is 0 Å². The van der Waals surface area contributed by atoms with Crippen molar-refractivity contribution < 1.29 is 9.59 Å². The predicted octanol–water partition coefficient (Wildman–Crippen LogP) is 0.143. The first-order valence-electron chi connectivity index (χ1n) is 5.80. The van der Waals surface area contributed by atoms with Crippen molar-refractivity contribution in [1.29, 1.82) is 0 Å². The normalized spacial score (nSPS) is 19.4. The predicted molar refractivity (Wildman–Crippen MR) is 69.2 cm³/mol. The molecule has 1 atom stereocenters. The molecule has 0 aromatic carbocycles. The van der Waals surface area contributed by atoms with Crippen LogP contribution in [-0.4, -0.2) is 48.9 Å². The molecule has 2 amide bonds. The maximum atomic E-state index is 11.9. The van der Waals surface area contributed by atoms with Crippen LogP contribution in [0.5, 0.6) is 0 Å². The average molecular weight is 264 g/mol. The van der Waals surface area contributed by atoms with Crippen molar-refractivity contribution in [3.8, 4) is 0 Å². The van der Waals surface area contributed by atoms with Crippen molar-refractivity contribution in [3.63, 3.8) is 0 Å². The summed E-state index contributed by atoms with van der Waals surface area (Å²) >= 11 is 0. The first-order valence-corrected chi connectivity index (χ1v) is 5.80. The highest BCUT2D eigenvalue weighted by molar-refractivity contribution is 5.89. The lowest BCUT2D eigenvalue weighted by Gasteiger charge is -2.21. The SMILES string of the molecule is CNCCC(=O)NC1CCN(C(C)C)C1=O.Cl. The van der Waals surface area contributed by atoms with Crippen LogP contribution in [0.2, 0.25) is 0 Å². The van der Waals surface area contributed by atoms with Crippen molar-refractivity contribution in [2.75, 3.05) is 20.1 Å². The fourth-order valence-corrected chi connectivity index (χ4v) is 1.85. The minimum atomic E-state index is -0.313. The quantitative estimate of drug-likeness (QED) is 0.742. The topological polar surface area (TPSA) is 61.4 Å². The van der Waals surface area contributed by atoms with Gasteiger partial charge in [-0.3, -0.25) is 9.59 Å². The van der Waals surface area contributed by atoms with Gasteiger partial charge < -0.3 is 15.5 Å². The summed E-state index contributed by atoms with van der Waals surface area (Å²) in [5, 5.41) is 5.68. The van der Waals surface area contributed by atoms with E-state index in [9.17, 15) is 9.59 Å². The van der Waals surface area contributed by atoms with Crippen LogP contribution >= 0.6 is 12.4 Å². The van der Waals surface area contributed by atoms with Crippen LogP contribution in [0, 0.1) is 0 Å². The molecule has 0 aliphatic carbocycles.